The second-order valence-corrected chi connectivity index (χ2v) is 5.66. The number of hydrogen-bond donors (Lipinski definition) is 1. The standard InChI is InChI=1S/C14H23NOS/c1-3-15-14(13-10-17-9-11(13)2)8-12-4-6-16-7-5-12/h9-10,12,14-15H,3-8H2,1-2H3. The Labute approximate surface area is 108 Å². The molecule has 0 radical (unpaired) electrons. The van der Waals surface area contributed by atoms with Crippen LogP contribution >= 0.6 is 11.3 Å². The zero-order chi connectivity index (χ0) is 12.1. The SMILES string of the molecule is CCNC(CC1CCOCC1)c1cscc1C. The van der Waals surface area contributed by atoms with Gasteiger partial charge in [-0.05, 0) is 60.5 Å². The highest BCUT2D eigenvalue weighted by Gasteiger charge is 2.21. The maximum atomic E-state index is 5.44. The van der Waals surface area contributed by atoms with Crippen LogP contribution in [-0.2, 0) is 4.74 Å². The van der Waals surface area contributed by atoms with Gasteiger partial charge in [0.15, 0.2) is 0 Å². The number of ether oxygens (including phenoxy) is 1. The molecule has 0 saturated carbocycles. The minimum atomic E-state index is 0.536. The third-order valence-electron chi connectivity index (χ3n) is 3.63. The molecule has 2 heterocycles. The molecule has 96 valence electrons. The zero-order valence-corrected chi connectivity index (χ0v) is 11.7. The van der Waals surface area contributed by atoms with E-state index in [1.54, 1.807) is 0 Å². The lowest BCUT2D eigenvalue weighted by molar-refractivity contribution is 0.0606. The van der Waals surface area contributed by atoms with Crippen molar-refractivity contribution < 1.29 is 4.74 Å². The van der Waals surface area contributed by atoms with Gasteiger partial charge in [-0.3, -0.25) is 0 Å². The van der Waals surface area contributed by atoms with Crippen LogP contribution in [-0.4, -0.2) is 19.8 Å². The normalized spacial score (nSPS) is 19.4. The Balaban J connectivity index is 1.99. The Morgan fingerprint density at radius 2 is 2.18 bits per heavy atom. The molecule has 0 spiro atoms. The molecule has 17 heavy (non-hydrogen) atoms. The van der Waals surface area contributed by atoms with Gasteiger partial charge in [0.05, 0.1) is 0 Å². The first-order valence-electron chi connectivity index (χ1n) is 6.65. The minimum Gasteiger partial charge on any atom is -0.381 e. The van der Waals surface area contributed by atoms with E-state index in [-0.39, 0.29) is 0 Å². The zero-order valence-electron chi connectivity index (χ0n) is 10.9. The van der Waals surface area contributed by atoms with Crippen LogP contribution in [0.5, 0.6) is 0 Å². The number of nitrogens with one attached hydrogen (secondary N) is 1. The molecule has 2 rings (SSSR count). The van der Waals surface area contributed by atoms with E-state index in [4.69, 9.17) is 4.74 Å². The Morgan fingerprint density at radius 1 is 1.41 bits per heavy atom. The van der Waals surface area contributed by atoms with Gasteiger partial charge in [0, 0.05) is 19.3 Å². The van der Waals surface area contributed by atoms with Gasteiger partial charge in [-0.2, -0.15) is 11.3 Å². The number of thiophene rings is 1. The van der Waals surface area contributed by atoms with E-state index < -0.39 is 0 Å². The molecule has 1 N–H and O–H groups in total. The average molecular weight is 253 g/mol. The van der Waals surface area contributed by atoms with E-state index in [0.29, 0.717) is 6.04 Å². The predicted molar refractivity (Wildman–Crippen MR) is 73.6 cm³/mol. The smallest absolute Gasteiger partial charge is 0.0468 e. The molecule has 1 aromatic heterocycles. The monoisotopic (exact) mass is 253 g/mol. The first kappa shape index (κ1) is 13.1. The third kappa shape index (κ3) is 3.54. The van der Waals surface area contributed by atoms with Crippen molar-refractivity contribution in [1.29, 1.82) is 0 Å². The molecule has 0 amide bonds. The van der Waals surface area contributed by atoms with E-state index in [0.717, 1.165) is 25.7 Å². The first-order valence-corrected chi connectivity index (χ1v) is 7.59. The van der Waals surface area contributed by atoms with Gasteiger partial charge in [0.1, 0.15) is 0 Å². The summed E-state index contributed by atoms with van der Waals surface area (Å²) in [5.74, 6) is 0.826. The first-order chi connectivity index (χ1) is 8.31. The van der Waals surface area contributed by atoms with E-state index in [9.17, 15) is 0 Å². The average Bonchev–Trinajstić information content (AvgIpc) is 2.76. The molecule has 1 aliphatic rings. The van der Waals surface area contributed by atoms with Gasteiger partial charge >= 0.3 is 0 Å². The summed E-state index contributed by atoms with van der Waals surface area (Å²) in [5, 5.41) is 8.20. The van der Waals surface area contributed by atoms with Crippen LogP contribution in [0.15, 0.2) is 10.8 Å². The van der Waals surface area contributed by atoms with Crippen LogP contribution in [0.4, 0.5) is 0 Å². The summed E-state index contributed by atoms with van der Waals surface area (Å²) in [6.45, 7) is 7.36. The van der Waals surface area contributed by atoms with Crippen LogP contribution in [0.1, 0.15) is 43.4 Å². The number of rotatable bonds is 5. The van der Waals surface area contributed by atoms with Crippen molar-refractivity contribution >= 4 is 11.3 Å². The molecule has 1 unspecified atom stereocenters. The summed E-state index contributed by atoms with van der Waals surface area (Å²) in [6.07, 6.45) is 3.71. The van der Waals surface area contributed by atoms with Gasteiger partial charge < -0.3 is 10.1 Å². The lowest BCUT2D eigenvalue weighted by Gasteiger charge is -2.27. The Morgan fingerprint density at radius 3 is 2.76 bits per heavy atom. The van der Waals surface area contributed by atoms with Crippen molar-refractivity contribution in [2.24, 2.45) is 5.92 Å². The molecule has 3 heteroatoms. The maximum absolute atomic E-state index is 5.44. The largest absolute Gasteiger partial charge is 0.381 e. The van der Waals surface area contributed by atoms with Gasteiger partial charge in [0.2, 0.25) is 0 Å². The van der Waals surface area contributed by atoms with Crippen molar-refractivity contribution in [1.82, 2.24) is 5.32 Å². The molecule has 1 aromatic rings. The fourth-order valence-corrected chi connectivity index (χ4v) is 3.51. The molecule has 0 aromatic carbocycles. The second-order valence-electron chi connectivity index (χ2n) is 4.91. The molecule has 1 atom stereocenters. The lowest BCUT2D eigenvalue weighted by atomic mass is 9.89. The van der Waals surface area contributed by atoms with Crippen molar-refractivity contribution in [2.75, 3.05) is 19.8 Å². The van der Waals surface area contributed by atoms with Gasteiger partial charge in [0.25, 0.3) is 0 Å². The summed E-state index contributed by atoms with van der Waals surface area (Å²) in [7, 11) is 0. The Hall–Kier alpha value is -0.380. The van der Waals surface area contributed by atoms with Crippen molar-refractivity contribution in [2.45, 2.75) is 39.2 Å². The minimum absolute atomic E-state index is 0.536. The predicted octanol–water partition coefficient (Wildman–Crippen LogP) is 3.52. The Kier molecular flexibility index (Phi) is 5.01. The lowest BCUT2D eigenvalue weighted by Crippen LogP contribution is -2.26. The molecular weight excluding hydrogens is 230 g/mol. The van der Waals surface area contributed by atoms with Gasteiger partial charge in [-0.15, -0.1) is 0 Å². The number of aryl methyl sites for hydroxylation is 1. The van der Waals surface area contributed by atoms with E-state index >= 15 is 0 Å². The molecule has 2 nitrogen and oxygen atoms in total. The van der Waals surface area contributed by atoms with Gasteiger partial charge in [-0.1, -0.05) is 6.92 Å². The van der Waals surface area contributed by atoms with E-state index in [1.165, 1.54) is 30.4 Å². The molecule has 0 bridgehead atoms. The van der Waals surface area contributed by atoms with Crippen LogP contribution in [0.2, 0.25) is 0 Å². The summed E-state index contributed by atoms with van der Waals surface area (Å²) in [6, 6.07) is 0.536. The highest BCUT2D eigenvalue weighted by atomic mass is 32.1. The topological polar surface area (TPSA) is 21.3 Å². The number of hydrogen-bond acceptors (Lipinski definition) is 3. The quantitative estimate of drug-likeness (QED) is 0.867. The molecule has 1 saturated heterocycles. The summed E-state index contributed by atoms with van der Waals surface area (Å²) in [4.78, 5) is 0. The van der Waals surface area contributed by atoms with Gasteiger partial charge in [-0.25, -0.2) is 0 Å². The van der Waals surface area contributed by atoms with Crippen molar-refractivity contribution in [3.05, 3.63) is 21.9 Å². The summed E-state index contributed by atoms with van der Waals surface area (Å²) >= 11 is 1.82. The van der Waals surface area contributed by atoms with Crippen LogP contribution in [0.25, 0.3) is 0 Å². The van der Waals surface area contributed by atoms with Crippen LogP contribution < -0.4 is 5.32 Å². The third-order valence-corrected chi connectivity index (χ3v) is 4.51. The Bertz CT molecular complexity index is 331. The molecule has 0 aliphatic carbocycles. The molecule has 1 fully saturated rings. The van der Waals surface area contributed by atoms with Crippen LogP contribution in [0, 0.1) is 12.8 Å². The van der Waals surface area contributed by atoms with Crippen molar-refractivity contribution in [3.8, 4) is 0 Å². The summed E-state index contributed by atoms with van der Waals surface area (Å²) < 4.78 is 5.44. The highest BCUT2D eigenvalue weighted by Crippen LogP contribution is 2.30. The van der Waals surface area contributed by atoms with E-state index in [2.05, 4.69) is 29.9 Å². The second kappa shape index (κ2) is 6.53. The maximum Gasteiger partial charge on any atom is 0.0468 e. The highest BCUT2D eigenvalue weighted by molar-refractivity contribution is 7.08. The van der Waals surface area contributed by atoms with Crippen molar-refractivity contribution in [3.63, 3.8) is 0 Å². The van der Waals surface area contributed by atoms with E-state index in [1.807, 2.05) is 11.3 Å². The summed E-state index contributed by atoms with van der Waals surface area (Å²) in [5.41, 5.74) is 2.94. The fraction of sp³-hybridized carbons (Fsp3) is 0.714. The molecule has 1 aliphatic heterocycles. The fourth-order valence-electron chi connectivity index (χ4n) is 2.61. The molecular formula is C14H23NOS. The van der Waals surface area contributed by atoms with Crippen LogP contribution in [0.3, 0.4) is 0 Å².